The normalized spacial score (nSPS) is 16.8. The molecule has 1 N–H and O–H groups in total. The molecule has 0 spiro atoms. The minimum atomic E-state index is 0.324. The van der Waals surface area contributed by atoms with Gasteiger partial charge in [0.1, 0.15) is 18.0 Å². The molecule has 0 radical (unpaired) electrons. The maximum atomic E-state index is 5.48. The van der Waals surface area contributed by atoms with Gasteiger partial charge in [0.2, 0.25) is 6.79 Å². The van der Waals surface area contributed by atoms with Crippen LogP contribution in [0.4, 0.5) is 11.6 Å². The van der Waals surface area contributed by atoms with E-state index in [0.29, 0.717) is 12.7 Å². The van der Waals surface area contributed by atoms with Crippen LogP contribution in [-0.2, 0) is 6.54 Å². The highest BCUT2D eigenvalue weighted by Gasteiger charge is 2.20. The van der Waals surface area contributed by atoms with Gasteiger partial charge in [-0.3, -0.25) is 4.90 Å². The molecule has 1 aromatic heterocycles. The first-order valence-electron chi connectivity index (χ1n) is 9.59. The number of hydrogen-bond donors (Lipinski definition) is 1. The Balaban J connectivity index is 1.32. The van der Waals surface area contributed by atoms with Crippen LogP contribution in [0.15, 0.2) is 30.6 Å². The number of nitrogens with zero attached hydrogens (tertiary/aromatic N) is 4. The van der Waals surface area contributed by atoms with Gasteiger partial charge in [-0.2, -0.15) is 0 Å². The average molecular weight is 369 g/mol. The number of aromatic nitrogens is 2. The molecule has 0 amide bonds. The zero-order valence-electron chi connectivity index (χ0n) is 16.0. The van der Waals surface area contributed by atoms with Crippen molar-refractivity contribution in [3.8, 4) is 11.5 Å². The molecule has 0 saturated carbocycles. The third-order valence-electron chi connectivity index (χ3n) is 4.88. The molecular weight excluding hydrogens is 342 g/mol. The Bertz CT molecular complexity index is 775. The van der Waals surface area contributed by atoms with Gasteiger partial charge >= 0.3 is 0 Å². The van der Waals surface area contributed by atoms with E-state index < -0.39 is 0 Å². The van der Waals surface area contributed by atoms with Gasteiger partial charge in [0.15, 0.2) is 11.5 Å². The van der Waals surface area contributed by atoms with Crippen LogP contribution in [0.5, 0.6) is 11.5 Å². The van der Waals surface area contributed by atoms with Crippen LogP contribution in [-0.4, -0.2) is 54.4 Å². The summed E-state index contributed by atoms with van der Waals surface area (Å²) in [4.78, 5) is 13.6. The monoisotopic (exact) mass is 369 g/mol. The Labute approximate surface area is 160 Å². The summed E-state index contributed by atoms with van der Waals surface area (Å²) < 4.78 is 10.9. The zero-order chi connectivity index (χ0) is 18.6. The molecule has 3 heterocycles. The number of piperazine rings is 1. The summed E-state index contributed by atoms with van der Waals surface area (Å²) in [5, 5.41) is 3.38. The number of rotatable bonds is 6. The summed E-state index contributed by atoms with van der Waals surface area (Å²) in [5.41, 5.74) is 1.26. The highest BCUT2D eigenvalue weighted by atomic mass is 16.7. The fourth-order valence-corrected chi connectivity index (χ4v) is 3.36. The topological polar surface area (TPSA) is 62.8 Å². The number of hydrogen-bond acceptors (Lipinski definition) is 7. The number of ether oxygens (including phenoxy) is 2. The molecule has 27 heavy (non-hydrogen) atoms. The fourth-order valence-electron chi connectivity index (χ4n) is 3.36. The molecule has 1 fully saturated rings. The van der Waals surface area contributed by atoms with Gasteiger partial charge in [0, 0.05) is 45.3 Å². The van der Waals surface area contributed by atoms with E-state index in [-0.39, 0.29) is 0 Å². The molecule has 1 saturated heterocycles. The van der Waals surface area contributed by atoms with E-state index in [0.717, 1.165) is 62.4 Å². The lowest BCUT2D eigenvalue weighted by Gasteiger charge is -2.35. The van der Waals surface area contributed by atoms with Crippen LogP contribution >= 0.6 is 0 Å². The van der Waals surface area contributed by atoms with Crippen LogP contribution in [0.25, 0.3) is 0 Å². The van der Waals surface area contributed by atoms with Crippen molar-refractivity contribution in [3.63, 3.8) is 0 Å². The third kappa shape index (κ3) is 4.42. The van der Waals surface area contributed by atoms with Gasteiger partial charge in [0.25, 0.3) is 0 Å². The SMILES string of the molecule is CC(C)CNc1cc(N2CCN(Cc3ccc4c(c3)OCO4)CC2)ncn1. The van der Waals surface area contributed by atoms with E-state index >= 15 is 0 Å². The van der Waals surface area contributed by atoms with Crippen LogP contribution < -0.4 is 19.7 Å². The molecule has 0 bridgehead atoms. The third-order valence-corrected chi connectivity index (χ3v) is 4.88. The Kier molecular flexibility index (Phi) is 5.29. The first-order chi connectivity index (χ1) is 13.2. The summed E-state index contributed by atoms with van der Waals surface area (Å²) in [6.07, 6.45) is 1.65. The van der Waals surface area contributed by atoms with Crippen molar-refractivity contribution >= 4 is 11.6 Å². The van der Waals surface area contributed by atoms with Crippen LogP contribution in [0.3, 0.4) is 0 Å². The molecule has 4 rings (SSSR count). The Hall–Kier alpha value is -2.54. The molecule has 7 nitrogen and oxygen atoms in total. The lowest BCUT2D eigenvalue weighted by atomic mass is 10.1. The van der Waals surface area contributed by atoms with Crippen LogP contribution in [0.2, 0.25) is 0 Å². The van der Waals surface area contributed by atoms with Crippen LogP contribution in [0.1, 0.15) is 19.4 Å². The zero-order valence-corrected chi connectivity index (χ0v) is 16.0. The molecule has 0 aliphatic carbocycles. The molecule has 1 aromatic carbocycles. The first-order valence-corrected chi connectivity index (χ1v) is 9.59. The molecule has 0 atom stereocenters. The number of nitrogens with one attached hydrogen (secondary N) is 1. The van der Waals surface area contributed by atoms with E-state index in [2.05, 4.69) is 57.1 Å². The lowest BCUT2D eigenvalue weighted by molar-refractivity contribution is 0.174. The summed E-state index contributed by atoms with van der Waals surface area (Å²) in [5.74, 6) is 4.18. The fraction of sp³-hybridized carbons (Fsp3) is 0.500. The van der Waals surface area contributed by atoms with E-state index in [1.54, 1.807) is 6.33 Å². The quantitative estimate of drug-likeness (QED) is 0.840. The van der Waals surface area contributed by atoms with E-state index in [1.807, 2.05) is 6.07 Å². The van der Waals surface area contributed by atoms with Crippen molar-refractivity contribution in [2.24, 2.45) is 5.92 Å². The van der Waals surface area contributed by atoms with Crippen LogP contribution in [0, 0.1) is 5.92 Å². The number of benzene rings is 1. The maximum Gasteiger partial charge on any atom is 0.231 e. The summed E-state index contributed by atoms with van der Waals surface area (Å²) in [7, 11) is 0. The Morgan fingerprint density at radius 2 is 1.85 bits per heavy atom. The summed E-state index contributed by atoms with van der Waals surface area (Å²) in [6.45, 7) is 10.5. The molecule has 2 aliphatic rings. The Morgan fingerprint density at radius 1 is 1.04 bits per heavy atom. The predicted octanol–water partition coefficient (Wildman–Crippen LogP) is 2.60. The van der Waals surface area contributed by atoms with Crippen molar-refractivity contribution in [3.05, 3.63) is 36.2 Å². The highest BCUT2D eigenvalue weighted by Crippen LogP contribution is 2.32. The minimum Gasteiger partial charge on any atom is -0.454 e. The van der Waals surface area contributed by atoms with Gasteiger partial charge in [-0.1, -0.05) is 19.9 Å². The predicted molar refractivity (Wildman–Crippen MR) is 105 cm³/mol. The van der Waals surface area contributed by atoms with Crippen molar-refractivity contribution in [1.29, 1.82) is 0 Å². The Morgan fingerprint density at radius 3 is 2.67 bits per heavy atom. The molecule has 0 unspecified atom stereocenters. The summed E-state index contributed by atoms with van der Waals surface area (Å²) >= 11 is 0. The van der Waals surface area contributed by atoms with Gasteiger partial charge in [-0.25, -0.2) is 9.97 Å². The van der Waals surface area contributed by atoms with Crippen molar-refractivity contribution in [2.45, 2.75) is 20.4 Å². The average Bonchev–Trinajstić information content (AvgIpc) is 3.15. The van der Waals surface area contributed by atoms with Crippen molar-refractivity contribution in [2.75, 3.05) is 49.7 Å². The van der Waals surface area contributed by atoms with Crippen molar-refractivity contribution in [1.82, 2.24) is 14.9 Å². The standard InChI is InChI=1S/C20H27N5O2/c1-15(2)11-21-19-10-20(23-13-22-19)25-7-5-24(6-8-25)12-16-3-4-17-18(9-16)27-14-26-17/h3-4,9-10,13,15H,5-8,11-12,14H2,1-2H3,(H,21,22,23). The smallest absolute Gasteiger partial charge is 0.231 e. The molecule has 2 aromatic rings. The number of fused-ring (bicyclic) bond motifs is 1. The maximum absolute atomic E-state index is 5.48. The number of anilines is 2. The molecule has 2 aliphatic heterocycles. The van der Waals surface area contributed by atoms with Gasteiger partial charge < -0.3 is 19.7 Å². The van der Waals surface area contributed by atoms with Crippen molar-refractivity contribution < 1.29 is 9.47 Å². The van der Waals surface area contributed by atoms with Gasteiger partial charge in [-0.15, -0.1) is 0 Å². The van der Waals surface area contributed by atoms with E-state index in [4.69, 9.17) is 9.47 Å². The second-order valence-electron chi connectivity index (χ2n) is 7.49. The van der Waals surface area contributed by atoms with Gasteiger partial charge in [-0.05, 0) is 23.6 Å². The largest absolute Gasteiger partial charge is 0.454 e. The second-order valence-corrected chi connectivity index (χ2v) is 7.49. The molecule has 144 valence electrons. The van der Waals surface area contributed by atoms with E-state index in [1.165, 1.54) is 5.56 Å². The lowest BCUT2D eigenvalue weighted by Crippen LogP contribution is -2.46. The minimum absolute atomic E-state index is 0.324. The highest BCUT2D eigenvalue weighted by molar-refractivity contribution is 5.49. The second kappa shape index (κ2) is 8.00. The summed E-state index contributed by atoms with van der Waals surface area (Å²) in [6, 6.07) is 8.26. The van der Waals surface area contributed by atoms with Gasteiger partial charge in [0.05, 0.1) is 0 Å². The first kappa shape index (κ1) is 17.9. The van der Waals surface area contributed by atoms with E-state index in [9.17, 15) is 0 Å². The molecule has 7 heteroatoms. The molecular formula is C20H27N5O2.